The molecule has 1 aromatic heterocycles. The summed E-state index contributed by atoms with van der Waals surface area (Å²) in [5, 5.41) is 2.62. The van der Waals surface area contributed by atoms with Crippen LogP contribution in [-0.4, -0.2) is 33.9 Å². The molecule has 1 aliphatic rings. The predicted octanol–water partition coefficient (Wildman–Crippen LogP) is 2.96. The molecule has 162 valence electrons. The highest BCUT2D eigenvalue weighted by molar-refractivity contribution is 5.76. The number of halogens is 3. The van der Waals surface area contributed by atoms with Crippen molar-refractivity contribution in [2.24, 2.45) is 5.92 Å². The van der Waals surface area contributed by atoms with Crippen molar-refractivity contribution in [3.63, 3.8) is 0 Å². The van der Waals surface area contributed by atoms with Crippen molar-refractivity contribution in [3.05, 3.63) is 41.2 Å². The number of aryl methyl sites for hydroxylation is 1. The van der Waals surface area contributed by atoms with Crippen molar-refractivity contribution in [1.82, 2.24) is 20.3 Å². The van der Waals surface area contributed by atoms with Gasteiger partial charge in [-0.05, 0) is 30.4 Å². The van der Waals surface area contributed by atoms with Crippen molar-refractivity contribution in [2.75, 3.05) is 23.7 Å². The van der Waals surface area contributed by atoms with Crippen LogP contribution in [0.1, 0.15) is 43.1 Å². The van der Waals surface area contributed by atoms with Crippen LogP contribution in [-0.2, 0) is 23.9 Å². The van der Waals surface area contributed by atoms with Crippen molar-refractivity contribution in [2.45, 2.75) is 45.3 Å². The Bertz CT molecular complexity index is 881. The minimum Gasteiger partial charge on any atom is -0.368 e. The van der Waals surface area contributed by atoms with Gasteiger partial charge in [0.05, 0.1) is 5.56 Å². The smallest absolute Gasteiger partial charge is 0.368 e. The van der Waals surface area contributed by atoms with Crippen LogP contribution < -0.4 is 16.0 Å². The first-order chi connectivity index (χ1) is 14.3. The highest BCUT2D eigenvalue weighted by Crippen LogP contribution is 2.31. The van der Waals surface area contributed by atoms with Crippen molar-refractivity contribution in [3.8, 4) is 0 Å². The van der Waals surface area contributed by atoms with E-state index in [0.717, 1.165) is 18.9 Å². The Labute approximate surface area is 172 Å². The molecule has 2 heterocycles. The lowest BCUT2D eigenvalue weighted by Crippen LogP contribution is -2.37. The van der Waals surface area contributed by atoms with E-state index in [-0.39, 0.29) is 36.3 Å². The summed E-state index contributed by atoms with van der Waals surface area (Å²) in [5.41, 5.74) is 5.08. The second kappa shape index (κ2) is 9.27. The van der Waals surface area contributed by atoms with Gasteiger partial charge in [0.2, 0.25) is 17.8 Å². The fourth-order valence-electron chi connectivity index (χ4n) is 3.54. The van der Waals surface area contributed by atoms with E-state index in [1.54, 1.807) is 0 Å². The molecule has 1 aromatic carbocycles. The molecule has 0 atom stereocenters. The van der Waals surface area contributed by atoms with Gasteiger partial charge in [-0.25, -0.2) is 0 Å². The van der Waals surface area contributed by atoms with Crippen LogP contribution in [0.15, 0.2) is 24.3 Å². The van der Waals surface area contributed by atoms with Gasteiger partial charge in [0.1, 0.15) is 5.82 Å². The lowest BCUT2D eigenvalue weighted by Gasteiger charge is -2.31. The van der Waals surface area contributed by atoms with Crippen LogP contribution in [0.3, 0.4) is 0 Å². The standard InChI is InChI=1S/C20H25F3N6O/c1-2-16-26-18(24)28-19(27-16)29-9-7-13(8-10-29)11-17(30)25-12-14-5-3-4-6-15(14)20(21,22)23/h3-6,13H,2,7-12H2,1H3,(H,25,30)(H2,24,26,27,28). The molecule has 3 rings (SSSR count). The Balaban J connectivity index is 1.50. The Hall–Kier alpha value is -2.91. The van der Waals surface area contributed by atoms with E-state index in [2.05, 4.69) is 20.3 Å². The SMILES string of the molecule is CCc1nc(N)nc(N2CCC(CC(=O)NCc3ccccc3C(F)(F)F)CC2)n1. The van der Waals surface area contributed by atoms with E-state index in [1.165, 1.54) is 18.2 Å². The third kappa shape index (κ3) is 5.58. The summed E-state index contributed by atoms with van der Waals surface area (Å²) >= 11 is 0. The molecule has 7 nitrogen and oxygen atoms in total. The molecule has 0 radical (unpaired) electrons. The van der Waals surface area contributed by atoms with Crippen molar-refractivity contribution in [1.29, 1.82) is 0 Å². The summed E-state index contributed by atoms with van der Waals surface area (Å²) < 4.78 is 39.2. The fraction of sp³-hybridized carbons (Fsp3) is 0.500. The molecular weight excluding hydrogens is 397 g/mol. The number of amides is 1. The second-order valence-corrected chi connectivity index (χ2v) is 7.33. The number of piperidine rings is 1. The number of benzene rings is 1. The number of aromatic nitrogens is 3. The molecular formula is C20H25F3N6O. The van der Waals surface area contributed by atoms with Gasteiger partial charge >= 0.3 is 6.18 Å². The zero-order chi connectivity index (χ0) is 21.7. The van der Waals surface area contributed by atoms with Crippen LogP contribution in [0.2, 0.25) is 0 Å². The van der Waals surface area contributed by atoms with Gasteiger partial charge in [-0.3, -0.25) is 4.79 Å². The van der Waals surface area contributed by atoms with Gasteiger partial charge in [-0.1, -0.05) is 25.1 Å². The number of nitrogens with two attached hydrogens (primary N) is 1. The maximum atomic E-state index is 13.1. The molecule has 10 heteroatoms. The van der Waals surface area contributed by atoms with Crippen LogP contribution in [0.25, 0.3) is 0 Å². The first-order valence-electron chi connectivity index (χ1n) is 9.93. The Kier molecular flexibility index (Phi) is 6.73. The monoisotopic (exact) mass is 422 g/mol. The summed E-state index contributed by atoms with van der Waals surface area (Å²) in [6, 6.07) is 5.28. The lowest BCUT2D eigenvalue weighted by molar-refractivity contribution is -0.138. The first-order valence-corrected chi connectivity index (χ1v) is 9.93. The average molecular weight is 422 g/mol. The third-order valence-electron chi connectivity index (χ3n) is 5.17. The minimum atomic E-state index is -4.44. The van der Waals surface area contributed by atoms with E-state index >= 15 is 0 Å². The average Bonchev–Trinajstić information content (AvgIpc) is 2.72. The van der Waals surface area contributed by atoms with Gasteiger partial charge in [-0.2, -0.15) is 28.1 Å². The van der Waals surface area contributed by atoms with Gasteiger partial charge < -0.3 is 16.0 Å². The molecule has 1 amide bonds. The minimum absolute atomic E-state index is 0.0623. The molecule has 0 bridgehead atoms. The molecule has 2 aromatic rings. The summed E-state index contributed by atoms with van der Waals surface area (Å²) in [6.07, 6.45) is -1.97. The molecule has 0 unspecified atom stereocenters. The summed E-state index contributed by atoms with van der Waals surface area (Å²) in [7, 11) is 0. The molecule has 1 fully saturated rings. The predicted molar refractivity (Wildman–Crippen MR) is 106 cm³/mol. The van der Waals surface area contributed by atoms with E-state index in [4.69, 9.17) is 5.73 Å². The van der Waals surface area contributed by atoms with Gasteiger partial charge in [0.15, 0.2) is 0 Å². The zero-order valence-electron chi connectivity index (χ0n) is 16.7. The number of anilines is 2. The molecule has 1 saturated heterocycles. The molecule has 30 heavy (non-hydrogen) atoms. The number of hydrogen-bond donors (Lipinski definition) is 2. The van der Waals surface area contributed by atoms with Crippen molar-refractivity contribution >= 4 is 17.8 Å². The number of alkyl halides is 3. The fourth-order valence-corrected chi connectivity index (χ4v) is 3.54. The molecule has 0 saturated carbocycles. The largest absolute Gasteiger partial charge is 0.416 e. The first kappa shape index (κ1) is 21.8. The van der Waals surface area contributed by atoms with Crippen LogP contribution in [0, 0.1) is 5.92 Å². The maximum Gasteiger partial charge on any atom is 0.416 e. The van der Waals surface area contributed by atoms with Crippen molar-refractivity contribution < 1.29 is 18.0 Å². The Morgan fingerprint density at radius 3 is 2.57 bits per heavy atom. The van der Waals surface area contributed by atoms with E-state index < -0.39 is 11.7 Å². The Morgan fingerprint density at radius 2 is 1.90 bits per heavy atom. The number of nitrogen functional groups attached to an aromatic ring is 1. The number of carbonyl (C=O) groups excluding carboxylic acids is 1. The van der Waals surface area contributed by atoms with Crippen LogP contribution >= 0.6 is 0 Å². The quantitative estimate of drug-likeness (QED) is 0.743. The molecule has 3 N–H and O–H groups in total. The van der Waals surface area contributed by atoms with Crippen LogP contribution in [0.5, 0.6) is 0 Å². The summed E-state index contributed by atoms with van der Waals surface area (Å²) in [4.78, 5) is 27.0. The molecule has 0 spiro atoms. The summed E-state index contributed by atoms with van der Waals surface area (Å²) in [5.74, 6) is 1.29. The zero-order valence-corrected chi connectivity index (χ0v) is 16.7. The van der Waals surface area contributed by atoms with E-state index in [0.29, 0.717) is 31.3 Å². The van der Waals surface area contributed by atoms with E-state index in [9.17, 15) is 18.0 Å². The number of nitrogens with zero attached hydrogens (tertiary/aromatic N) is 4. The molecule has 0 aliphatic carbocycles. The van der Waals surface area contributed by atoms with Gasteiger partial charge in [-0.15, -0.1) is 0 Å². The third-order valence-corrected chi connectivity index (χ3v) is 5.17. The van der Waals surface area contributed by atoms with Gasteiger partial charge in [0.25, 0.3) is 0 Å². The maximum absolute atomic E-state index is 13.1. The second-order valence-electron chi connectivity index (χ2n) is 7.33. The highest BCUT2D eigenvalue weighted by Gasteiger charge is 2.33. The summed E-state index contributed by atoms with van der Waals surface area (Å²) in [6.45, 7) is 3.16. The lowest BCUT2D eigenvalue weighted by atomic mass is 9.93. The van der Waals surface area contributed by atoms with Crippen LogP contribution in [0.4, 0.5) is 25.1 Å². The van der Waals surface area contributed by atoms with E-state index in [1.807, 2.05) is 11.8 Å². The van der Waals surface area contributed by atoms with Gasteiger partial charge in [0, 0.05) is 32.5 Å². The number of rotatable bonds is 6. The molecule has 1 aliphatic heterocycles. The Morgan fingerprint density at radius 1 is 1.20 bits per heavy atom. The number of carbonyl (C=O) groups is 1. The highest BCUT2D eigenvalue weighted by atomic mass is 19.4. The number of nitrogens with one attached hydrogen (secondary N) is 1. The number of hydrogen-bond acceptors (Lipinski definition) is 6. The normalized spacial score (nSPS) is 15.3. The topological polar surface area (TPSA) is 97.0 Å².